The van der Waals surface area contributed by atoms with Crippen molar-refractivity contribution in [2.45, 2.75) is 32.8 Å². The standard InChI is InChI=1S/C19H29N3O3/c1-19(2,3)25-18(24)22-14-12-21(13-15-22)11-7-10-20-17(23)16-8-5-4-6-9-16/h4-6,8-9H,7,10-15H2,1-3H3,(H,20,23). The van der Waals surface area contributed by atoms with Crippen LogP contribution in [0.15, 0.2) is 30.3 Å². The molecule has 0 aliphatic carbocycles. The Hall–Kier alpha value is -2.08. The van der Waals surface area contributed by atoms with Crippen molar-refractivity contribution in [1.29, 1.82) is 0 Å². The number of hydrogen-bond donors (Lipinski definition) is 1. The van der Waals surface area contributed by atoms with Gasteiger partial charge in [-0.05, 0) is 45.9 Å². The second-order valence-corrected chi connectivity index (χ2v) is 7.28. The van der Waals surface area contributed by atoms with Gasteiger partial charge in [0.25, 0.3) is 5.91 Å². The van der Waals surface area contributed by atoms with E-state index in [1.807, 2.05) is 51.1 Å². The molecule has 138 valence electrons. The highest BCUT2D eigenvalue weighted by atomic mass is 16.6. The molecule has 1 saturated heterocycles. The van der Waals surface area contributed by atoms with Crippen LogP contribution in [0.5, 0.6) is 0 Å². The van der Waals surface area contributed by atoms with E-state index >= 15 is 0 Å². The van der Waals surface area contributed by atoms with E-state index in [4.69, 9.17) is 4.74 Å². The number of hydrogen-bond acceptors (Lipinski definition) is 4. The average Bonchev–Trinajstić information content (AvgIpc) is 2.58. The first-order valence-corrected chi connectivity index (χ1v) is 8.89. The Morgan fingerprint density at radius 1 is 1.08 bits per heavy atom. The summed E-state index contributed by atoms with van der Waals surface area (Å²) in [6.07, 6.45) is 0.660. The number of carbonyl (C=O) groups excluding carboxylic acids is 2. The lowest BCUT2D eigenvalue weighted by atomic mass is 10.2. The first-order valence-electron chi connectivity index (χ1n) is 8.89. The molecule has 0 saturated carbocycles. The lowest BCUT2D eigenvalue weighted by molar-refractivity contribution is 0.0144. The highest BCUT2D eigenvalue weighted by Crippen LogP contribution is 2.12. The monoisotopic (exact) mass is 347 g/mol. The Kier molecular flexibility index (Phi) is 6.82. The predicted molar refractivity (Wildman–Crippen MR) is 97.6 cm³/mol. The third-order valence-electron chi connectivity index (χ3n) is 4.00. The van der Waals surface area contributed by atoms with Crippen molar-refractivity contribution in [3.8, 4) is 0 Å². The largest absolute Gasteiger partial charge is 0.444 e. The highest BCUT2D eigenvalue weighted by Gasteiger charge is 2.25. The van der Waals surface area contributed by atoms with Gasteiger partial charge in [0.05, 0.1) is 0 Å². The summed E-state index contributed by atoms with van der Waals surface area (Å²) in [5.74, 6) is -0.0321. The predicted octanol–water partition coefficient (Wildman–Crippen LogP) is 2.36. The minimum Gasteiger partial charge on any atom is -0.444 e. The lowest BCUT2D eigenvalue weighted by Crippen LogP contribution is -2.50. The molecular formula is C19H29N3O3. The molecule has 1 N–H and O–H groups in total. The molecule has 1 heterocycles. The van der Waals surface area contributed by atoms with E-state index < -0.39 is 5.60 Å². The Labute approximate surface area is 150 Å². The van der Waals surface area contributed by atoms with E-state index in [1.54, 1.807) is 4.90 Å². The molecule has 6 nitrogen and oxygen atoms in total. The third kappa shape index (κ3) is 6.74. The molecule has 0 bridgehead atoms. The number of piperazine rings is 1. The molecule has 1 aliphatic heterocycles. The molecule has 0 unspecified atom stereocenters. The summed E-state index contributed by atoms with van der Waals surface area (Å²) in [6.45, 7) is 10.3. The van der Waals surface area contributed by atoms with Gasteiger partial charge in [0.2, 0.25) is 0 Å². The van der Waals surface area contributed by atoms with Crippen LogP contribution >= 0.6 is 0 Å². The summed E-state index contributed by atoms with van der Waals surface area (Å²) < 4.78 is 5.40. The van der Waals surface area contributed by atoms with Crippen LogP contribution < -0.4 is 5.32 Å². The molecular weight excluding hydrogens is 318 g/mol. The minimum absolute atomic E-state index is 0.0321. The van der Waals surface area contributed by atoms with Crippen molar-refractivity contribution in [2.75, 3.05) is 39.3 Å². The van der Waals surface area contributed by atoms with Gasteiger partial charge in [-0.1, -0.05) is 18.2 Å². The van der Waals surface area contributed by atoms with Crippen LogP contribution in [0.25, 0.3) is 0 Å². The first kappa shape index (κ1) is 19.2. The van der Waals surface area contributed by atoms with Crippen molar-refractivity contribution < 1.29 is 14.3 Å². The van der Waals surface area contributed by atoms with Crippen molar-refractivity contribution >= 4 is 12.0 Å². The highest BCUT2D eigenvalue weighted by molar-refractivity contribution is 5.94. The van der Waals surface area contributed by atoms with Gasteiger partial charge >= 0.3 is 6.09 Å². The number of amides is 2. The normalized spacial score (nSPS) is 15.7. The van der Waals surface area contributed by atoms with E-state index in [1.165, 1.54) is 0 Å². The van der Waals surface area contributed by atoms with Crippen LogP contribution in [-0.4, -0.2) is 66.7 Å². The van der Waals surface area contributed by atoms with Gasteiger partial charge in [-0.3, -0.25) is 9.69 Å². The maximum Gasteiger partial charge on any atom is 0.410 e. The summed E-state index contributed by atoms with van der Waals surface area (Å²) in [6, 6.07) is 9.24. The molecule has 0 aromatic heterocycles. The number of carbonyl (C=O) groups is 2. The van der Waals surface area contributed by atoms with E-state index in [-0.39, 0.29) is 12.0 Å². The summed E-state index contributed by atoms with van der Waals surface area (Å²) in [5, 5.41) is 2.94. The number of nitrogens with zero attached hydrogens (tertiary/aromatic N) is 2. The van der Waals surface area contributed by atoms with Crippen LogP contribution in [0, 0.1) is 0 Å². The summed E-state index contributed by atoms with van der Waals surface area (Å²) in [5.41, 5.74) is 0.235. The number of nitrogens with one attached hydrogen (secondary N) is 1. The number of benzene rings is 1. The minimum atomic E-state index is -0.453. The van der Waals surface area contributed by atoms with E-state index in [0.29, 0.717) is 25.2 Å². The smallest absolute Gasteiger partial charge is 0.410 e. The van der Waals surface area contributed by atoms with Crippen LogP contribution in [0.1, 0.15) is 37.6 Å². The molecule has 25 heavy (non-hydrogen) atoms. The lowest BCUT2D eigenvalue weighted by Gasteiger charge is -2.35. The van der Waals surface area contributed by atoms with Gasteiger partial charge in [0.1, 0.15) is 5.60 Å². The topological polar surface area (TPSA) is 61.9 Å². The van der Waals surface area contributed by atoms with Gasteiger partial charge in [0.15, 0.2) is 0 Å². The quantitative estimate of drug-likeness (QED) is 0.831. The fourth-order valence-corrected chi connectivity index (χ4v) is 2.68. The molecule has 6 heteroatoms. The molecule has 0 spiro atoms. The molecule has 0 atom stereocenters. The van der Waals surface area contributed by atoms with Gasteiger partial charge in [-0.25, -0.2) is 4.79 Å². The maximum atomic E-state index is 12.0. The molecule has 1 fully saturated rings. The zero-order chi connectivity index (χ0) is 18.3. The number of rotatable bonds is 5. The summed E-state index contributed by atoms with van der Waals surface area (Å²) in [4.78, 5) is 28.1. The Morgan fingerprint density at radius 2 is 1.72 bits per heavy atom. The zero-order valence-electron chi connectivity index (χ0n) is 15.5. The van der Waals surface area contributed by atoms with Crippen LogP contribution in [0.2, 0.25) is 0 Å². The van der Waals surface area contributed by atoms with Crippen molar-refractivity contribution in [3.05, 3.63) is 35.9 Å². The fraction of sp³-hybridized carbons (Fsp3) is 0.579. The second kappa shape index (κ2) is 8.85. The number of ether oxygens (including phenoxy) is 1. The van der Waals surface area contributed by atoms with Gasteiger partial charge in [0, 0.05) is 38.3 Å². The SMILES string of the molecule is CC(C)(C)OC(=O)N1CCN(CCCNC(=O)c2ccccc2)CC1. The van der Waals surface area contributed by atoms with Gasteiger partial charge < -0.3 is 15.0 Å². The first-order chi connectivity index (χ1) is 11.8. The Morgan fingerprint density at radius 3 is 2.32 bits per heavy atom. The molecule has 1 aliphatic rings. The van der Waals surface area contributed by atoms with E-state index in [2.05, 4.69) is 10.2 Å². The second-order valence-electron chi connectivity index (χ2n) is 7.28. The van der Waals surface area contributed by atoms with Crippen LogP contribution in [0.3, 0.4) is 0 Å². The summed E-state index contributed by atoms with van der Waals surface area (Å²) in [7, 11) is 0. The van der Waals surface area contributed by atoms with Crippen LogP contribution in [0.4, 0.5) is 4.79 Å². The van der Waals surface area contributed by atoms with E-state index in [9.17, 15) is 9.59 Å². The molecule has 1 aromatic carbocycles. The Balaban J connectivity index is 1.61. The van der Waals surface area contributed by atoms with Crippen molar-refractivity contribution in [2.24, 2.45) is 0 Å². The molecule has 0 radical (unpaired) electrons. The fourth-order valence-electron chi connectivity index (χ4n) is 2.68. The van der Waals surface area contributed by atoms with Gasteiger partial charge in [-0.2, -0.15) is 0 Å². The van der Waals surface area contributed by atoms with Crippen molar-refractivity contribution in [3.63, 3.8) is 0 Å². The molecule has 1 aromatic rings. The average molecular weight is 347 g/mol. The van der Waals surface area contributed by atoms with Crippen molar-refractivity contribution in [1.82, 2.24) is 15.1 Å². The third-order valence-corrected chi connectivity index (χ3v) is 4.00. The molecule has 2 amide bonds. The zero-order valence-corrected chi connectivity index (χ0v) is 15.5. The molecule has 2 rings (SSSR count). The maximum absolute atomic E-state index is 12.0. The summed E-state index contributed by atoms with van der Waals surface area (Å²) >= 11 is 0. The Bertz CT molecular complexity index is 561. The van der Waals surface area contributed by atoms with Gasteiger partial charge in [-0.15, -0.1) is 0 Å². The van der Waals surface area contributed by atoms with E-state index in [0.717, 1.165) is 26.1 Å². The van der Waals surface area contributed by atoms with Crippen LogP contribution in [-0.2, 0) is 4.74 Å².